The second-order valence-corrected chi connectivity index (χ2v) is 5.72. The number of carbonyl (C=O) groups is 1. The minimum absolute atomic E-state index is 0.0472. The van der Waals surface area contributed by atoms with Gasteiger partial charge in [0.2, 0.25) is 11.8 Å². The van der Waals surface area contributed by atoms with Gasteiger partial charge in [-0.15, -0.1) is 6.58 Å². The summed E-state index contributed by atoms with van der Waals surface area (Å²) in [5.41, 5.74) is -0.772. The zero-order valence-corrected chi connectivity index (χ0v) is 13.7. The number of nitrogens with zero attached hydrogens (tertiary/aromatic N) is 2. The van der Waals surface area contributed by atoms with Gasteiger partial charge in [0, 0.05) is 6.42 Å². The number of carbonyl (C=O) groups excluding carboxylic acids is 1. The standard InChI is InChI=1S/C16H26N2O3/c1-7-8-9-16(10-12(4)19)15(21-6)17-13(11(2)3)14(18-16)20-5/h7,11,13H,1,8-10H2,2-6H3/t13-,16+/m1/s1. The maximum absolute atomic E-state index is 11.7. The molecule has 0 amide bonds. The van der Waals surface area contributed by atoms with Crippen molar-refractivity contribution in [3.8, 4) is 0 Å². The Hall–Kier alpha value is -1.65. The smallest absolute Gasteiger partial charge is 0.213 e. The van der Waals surface area contributed by atoms with Gasteiger partial charge < -0.3 is 9.47 Å². The minimum Gasteiger partial charge on any atom is -0.483 e. The third-order valence-electron chi connectivity index (χ3n) is 3.57. The van der Waals surface area contributed by atoms with Crippen LogP contribution in [0.15, 0.2) is 22.6 Å². The Kier molecular flexibility index (Phi) is 6.12. The third kappa shape index (κ3) is 3.93. The highest BCUT2D eigenvalue weighted by atomic mass is 16.5. The zero-order valence-electron chi connectivity index (χ0n) is 13.7. The van der Waals surface area contributed by atoms with E-state index >= 15 is 0 Å². The molecule has 0 aliphatic carbocycles. The van der Waals surface area contributed by atoms with Crippen LogP contribution in [0.25, 0.3) is 0 Å². The highest BCUT2D eigenvalue weighted by molar-refractivity contribution is 5.99. The Labute approximate surface area is 127 Å². The summed E-state index contributed by atoms with van der Waals surface area (Å²) in [6.07, 6.45) is 3.42. The van der Waals surface area contributed by atoms with Crippen LogP contribution in [0.4, 0.5) is 0 Å². The molecule has 0 saturated carbocycles. The molecule has 0 bridgehead atoms. The van der Waals surface area contributed by atoms with Crippen molar-refractivity contribution in [2.75, 3.05) is 14.2 Å². The van der Waals surface area contributed by atoms with Crippen molar-refractivity contribution in [3.05, 3.63) is 12.7 Å². The second-order valence-electron chi connectivity index (χ2n) is 5.72. The molecule has 0 aromatic heterocycles. The summed E-state index contributed by atoms with van der Waals surface area (Å²) >= 11 is 0. The lowest BCUT2D eigenvalue weighted by molar-refractivity contribution is -0.117. The third-order valence-corrected chi connectivity index (χ3v) is 3.57. The molecule has 0 aromatic carbocycles. The molecular formula is C16H26N2O3. The lowest BCUT2D eigenvalue weighted by atomic mass is 9.86. The van der Waals surface area contributed by atoms with E-state index in [9.17, 15) is 4.79 Å². The molecule has 0 saturated heterocycles. The molecule has 0 spiro atoms. The zero-order chi connectivity index (χ0) is 16.0. The average molecular weight is 294 g/mol. The molecule has 5 nitrogen and oxygen atoms in total. The topological polar surface area (TPSA) is 60.2 Å². The van der Waals surface area contributed by atoms with Gasteiger partial charge in [0.05, 0.1) is 14.2 Å². The van der Waals surface area contributed by atoms with Crippen molar-refractivity contribution < 1.29 is 14.3 Å². The van der Waals surface area contributed by atoms with E-state index in [1.165, 1.54) is 0 Å². The lowest BCUT2D eigenvalue weighted by Crippen LogP contribution is -2.47. The van der Waals surface area contributed by atoms with Crippen molar-refractivity contribution in [3.63, 3.8) is 0 Å². The lowest BCUT2D eigenvalue weighted by Gasteiger charge is -2.35. The first-order valence-corrected chi connectivity index (χ1v) is 7.26. The SMILES string of the molecule is C=CCC[C@@]1(CC(C)=O)N=C(OC)[C@@H](C(C)C)N=C1OC. The largest absolute Gasteiger partial charge is 0.483 e. The Balaban J connectivity index is 3.30. The van der Waals surface area contributed by atoms with Gasteiger partial charge in [0.15, 0.2) is 0 Å². The van der Waals surface area contributed by atoms with E-state index in [1.54, 1.807) is 21.1 Å². The number of Topliss-reactive ketones (excluding diaryl/α,β-unsaturated/α-hetero) is 1. The number of hydrogen-bond donors (Lipinski definition) is 0. The molecule has 1 aliphatic rings. The fourth-order valence-corrected chi connectivity index (χ4v) is 2.59. The summed E-state index contributed by atoms with van der Waals surface area (Å²) in [6, 6.07) is -0.172. The number of ether oxygens (including phenoxy) is 2. The van der Waals surface area contributed by atoms with Crippen LogP contribution >= 0.6 is 0 Å². The minimum atomic E-state index is -0.772. The summed E-state index contributed by atoms with van der Waals surface area (Å²) < 4.78 is 10.9. The molecule has 0 unspecified atom stereocenters. The Morgan fingerprint density at radius 1 is 1.43 bits per heavy atom. The van der Waals surface area contributed by atoms with Crippen molar-refractivity contribution in [2.45, 2.75) is 51.6 Å². The first-order chi connectivity index (χ1) is 9.90. The number of rotatable bonds is 6. The van der Waals surface area contributed by atoms with Crippen LogP contribution in [0.5, 0.6) is 0 Å². The Morgan fingerprint density at radius 2 is 2.10 bits per heavy atom. The van der Waals surface area contributed by atoms with E-state index in [0.29, 0.717) is 18.2 Å². The second kappa shape index (κ2) is 7.38. The summed E-state index contributed by atoms with van der Waals surface area (Å²) in [6.45, 7) is 9.40. The van der Waals surface area contributed by atoms with Gasteiger partial charge in [-0.05, 0) is 25.7 Å². The van der Waals surface area contributed by atoms with Gasteiger partial charge in [0.1, 0.15) is 17.4 Å². The normalized spacial score (nSPS) is 25.1. The van der Waals surface area contributed by atoms with Crippen LogP contribution in [0, 0.1) is 5.92 Å². The summed E-state index contributed by atoms with van der Waals surface area (Å²) in [5.74, 6) is 1.37. The van der Waals surface area contributed by atoms with Gasteiger partial charge in [-0.1, -0.05) is 19.9 Å². The number of aliphatic imine (C=N–C) groups is 2. The number of ketones is 1. The molecule has 0 aromatic rings. The molecule has 5 heteroatoms. The fraction of sp³-hybridized carbons (Fsp3) is 0.688. The molecule has 21 heavy (non-hydrogen) atoms. The monoisotopic (exact) mass is 294 g/mol. The first kappa shape index (κ1) is 17.4. The van der Waals surface area contributed by atoms with Crippen LogP contribution in [0.3, 0.4) is 0 Å². The van der Waals surface area contributed by atoms with Gasteiger partial charge in [-0.25, -0.2) is 9.98 Å². The number of methoxy groups -OCH3 is 2. The summed E-state index contributed by atoms with van der Waals surface area (Å²) in [4.78, 5) is 21.1. The molecule has 0 radical (unpaired) electrons. The van der Waals surface area contributed by atoms with Gasteiger partial charge in [0.25, 0.3) is 0 Å². The van der Waals surface area contributed by atoms with Crippen molar-refractivity contribution in [2.24, 2.45) is 15.9 Å². The van der Waals surface area contributed by atoms with Crippen LogP contribution in [0.1, 0.15) is 40.0 Å². The summed E-state index contributed by atoms with van der Waals surface area (Å²) in [7, 11) is 3.17. The molecule has 1 heterocycles. The Morgan fingerprint density at radius 3 is 2.52 bits per heavy atom. The van der Waals surface area contributed by atoms with Crippen molar-refractivity contribution in [1.29, 1.82) is 0 Å². The van der Waals surface area contributed by atoms with E-state index in [0.717, 1.165) is 6.42 Å². The first-order valence-electron chi connectivity index (χ1n) is 7.26. The fourth-order valence-electron chi connectivity index (χ4n) is 2.59. The number of allylic oxidation sites excluding steroid dienone is 1. The van der Waals surface area contributed by atoms with Crippen LogP contribution in [0.2, 0.25) is 0 Å². The predicted molar refractivity (Wildman–Crippen MR) is 85.0 cm³/mol. The predicted octanol–water partition coefficient (Wildman–Crippen LogP) is 2.80. The Bertz CT molecular complexity index is 454. The summed E-state index contributed by atoms with van der Waals surface area (Å²) in [5, 5.41) is 0. The molecule has 0 N–H and O–H groups in total. The molecular weight excluding hydrogens is 268 g/mol. The van der Waals surface area contributed by atoms with Gasteiger partial charge >= 0.3 is 0 Å². The van der Waals surface area contributed by atoms with E-state index in [1.807, 2.05) is 6.08 Å². The quantitative estimate of drug-likeness (QED) is 0.708. The molecule has 2 atom stereocenters. The van der Waals surface area contributed by atoms with Gasteiger partial charge in [-0.2, -0.15) is 0 Å². The molecule has 118 valence electrons. The molecule has 1 rings (SSSR count). The molecule has 1 aliphatic heterocycles. The van der Waals surface area contributed by atoms with E-state index in [-0.39, 0.29) is 24.2 Å². The van der Waals surface area contributed by atoms with Crippen LogP contribution < -0.4 is 0 Å². The highest BCUT2D eigenvalue weighted by Crippen LogP contribution is 2.32. The van der Waals surface area contributed by atoms with Crippen molar-refractivity contribution in [1.82, 2.24) is 0 Å². The maximum Gasteiger partial charge on any atom is 0.213 e. The maximum atomic E-state index is 11.7. The average Bonchev–Trinajstić information content (AvgIpc) is 2.43. The van der Waals surface area contributed by atoms with Crippen LogP contribution in [-0.4, -0.2) is 43.4 Å². The van der Waals surface area contributed by atoms with Crippen LogP contribution in [-0.2, 0) is 14.3 Å². The van der Waals surface area contributed by atoms with Crippen molar-refractivity contribution >= 4 is 17.6 Å². The number of hydrogen-bond acceptors (Lipinski definition) is 5. The van der Waals surface area contributed by atoms with Gasteiger partial charge in [-0.3, -0.25) is 4.79 Å². The molecule has 0 fully saturated rings. The van der Waals surface area contributed by atoms with E-state index in [2.05, 4.69) is 25.4 Å². The van der Waals surface area contributed by atoms with E-state index in [4.69, 9.17) is 14.5 Å². The van der Waals surface area contributed by atoms with E-state index < -0.39 is 5.54 Å². The highest BCUT2D eigenvalue weighted by Gasteiger charge is 2.43.